The van der Waals surface area contributed by atoms with Crippen molar-refractivity contribution in [1.29, 1.82) is 0 Å². The van der Waals surface area contributed by atoms with Crippen LogP contribution < -0.4 is 10.6 Å². The zero-order valence-electron chi connectivity index (χ0n) is 10.2. The Kier molecular flexibility index (Phi) is 4.73. The van der Waals surface area contributed by atoms with Crippen LogP contribution in [0.1, 0.15) is 23.4 Å². The first-order valence-electron chi connectivity index (χ1n) is 5.87. The summed E-state index contributed by atoms with van der Waals surface area (Å²) in [6, 6.07) is 14.6. The highest BCUT2D eigenvalue weighted by molar-refractivity contribution is 7.80. The Morgan fingerprint density at radius 1 is 1.22 bits per heavy atom. The van der Waals surface area contributed by atoms with Crippen LogP contribution >= 0.6 is 23.6 Å². The molecule has 18 heavy (non-hydrogen) atoms. The number of thiophene rings is 1. The molecule has 2 nitrogen and oxygen atoms in total. The van der Waals surface area contributed by atoms with E-state index in [1.807, 2.05) is 24.3 Å². The summed E-state index contributed by atoms with van der Waals surface area (Å²) in [5, 5.41) is 9.26. The minimum Gasteiger partial charge on any atom is -0.358 e. The van der Waals surface area contributed by atoms with Crippen LogP contribution in [0.5, 0.6) is 0 Å². The summed E-state index contributed by atoms with van der Waals surface area (Å²) >= 11 is 7.02. The summed E-state index contributed by atoms with van der Waals surface area (Å²) in [4.78, 5) is 1.28. The maximum absolute atomic E-state index is 5.29. The van der Waals surface area contributed by atoms with Crippen LogP contribution in [0, 0.1) is 0 Å². The summed E-state index contributed by atoms with van der Waals surface area (Å²) in [6.07, 6.45) is 0. The maximum atomic E-state index is 5.29. The first-order chi connectivity index (χ1) is 8.75. The van der Waals surface area contributed by atoms with Crippen molar-refractivity contribution in [1.82, 2.24) is 10.6 Å². The molecule has 94 valence electrons. The molecule has 4 heteroatoms. The summed E-state index contributed by atoms with van der Waals surface area (Å²) in [5.41, 5.74) is 1.23. The van der Waals surface area contributed by atoms with Gasteiger partial charge in [-0.2, -0.15) is 0 Å². The molecule has 1 atom stereocenters. The van der Waals surface area contributed by atoms with Gasteiger partial charge in [0.25, 0.3) is 0 Å². The zero-order chi connectivity index (χ0) is 12.8. The second-order valence-electron chi connectivity index (χ2n) is 4.04. The largest absolute Gasteiger partial charge is 0.358 e. The zero-order valence-corrected chi connectivity index (χ0v) is 11.9. The van der Waals surface area contributed by atoms with Crippen LogP contribution in [-0.2, 0) is 6.54 Å². The molecule has 0 aliphatic heterocycles. The average Bonchev–Trinajstić information content (AvgIpc) is 2.90. The van der Waals surface area contributed by atoms with Crippen molar-refractivity contribution in [2.24, 2.45) is 0 Å². The van der Waals surface area contributed by atoms with Crippen molar-refractivity contribution in [2.45, 2.75) is 19.5 Å². The Labute approximate surface area is 117 Å². The molecule has 1 aromatic carbocycles. The molecule has 0 unspecified atom stereocenters. The van der Waals surface area contributed by atoms with Crippen molar-refractivity contribution in [3.05, 3.63) is 58.3 Å². The number of nitrogens with one attached hydrogen (secondary N) is 2. The Balaban J connectivity index is 1.80. The van der Waals surface area contributed by atoms with Crippen LogP contribution in [0.25, 0.3) is 0 Å². The van der Waals surface area contributed by atoms with Crippen molar-refractivity contribution in [3.8, 4) is 0 Å². The third kappa shape index (κ3) is 3.82. The number of rotatable bonds is 4. The van der Waals surface area contributed by atoms with Crippen LogP contribution in [0.15, 0.2) is 47.8 Å². The lowest BCUT2D eigenvalue weighted by atomic mass is 10.1. The van der Waals surface area contributed by atoms with E-state index in [0.29, 0.717) is 5.11 Å². The van der Waals surface area contributed by atoms with E-state index in [-0.39, 0.29) is 6.04 Å². The van der Waals surface area contributed by atoms with Gasteiger partial charge in [-0.15, -0.1) is 11.3 Å². The maximum Gasteiger partial charge on any atom is 0.167 e. The minimum absolute atomic E-state index is 0.217. The van der Waals surface area contributed by atoms with Gasteiger partial charge in [-0.25, -0.2) is 0 Å². The van der Waals surface area contributed by atoms with E-state index < -0.39 is 0 Å². The van der Waals surface area contributed by atoms with E-state index in [9.17, 15) is 0 Å². The molecule has 1 aromatic heterocycles. The van der Waals surface area contributed by atoms with Crippen molar-refractivity contribution in [2.75, 3.05) is 0 Å². The van der Waals surface area contributed by atoms with Crippen LogP contribution in [0.2, 0.25) is 0 Å². The first kappa shape index (κ1) is 13.1. The highest BCUT2D eigenvalue weighted by atomic mass is 32.1. The molecule has 0 radical (unpaired) electrons. The SMILES string of the molecule is C[C@@H](NC(=S)NCc1cccs1)c1ccccc1. The van der Waals surface area contributed by atoms with Gasteiger partial charge in [-0.05, 0) is 36.2 Å². The molecule has 2 N–H and O–H groups in total. The second kappa shape index (κ2) is 6.52. The van der Waals surface area contributed by atoms with Crippen LogP contribution in [0.3, 0.4) is 0 Å². The van der Waals surface area contributed by atoms with Crippen molar-refractivity contribution >= 4 is 28.7 Å². The summed E-state index contributed by atoms with van der Waals surface area (Å²) in [7, 11) is 0. The molecule has 0 amide bonds. The topological polar surface area (TPSA) is 24.1 Å². The van der Waals surface area contributed by atoms with Crippen LogP contribution in [-0.4, -0.2) is 5.11 Å². The number of hydrogen-bond acceptors (Lipinski definition) is 2. The van der Waals surface area contributed by atoms with E-state index in [2.05, 4.69) is 41.1 Å². The van der Waals surface area contributed by atoms with Gasteiger partial charge in [0.2, 0.25) is 0 Å². The monoisotopic (exact) mass is 276 g/mol. The van der Waals surface area contributed by atoms with Crippen molar-refractivity contribution in [3.63, 3.8) is 0 Å². The Morgan fingerprint density at radius 2 is 2.00 bits per heavy atom. The lowest BCUT2D eigenvalue weighted by Gasteiger charge is -2.17. The third-order valence-electron chi connectivity index (χ3n) is 2.65. The Hall–Kier alpha value is -1.39. The average molecular weight is 276 g/mol. The fourth-order valence-electron chi connectivity index (χ4n) is 1.65. The van der Waals surface area contributed by atoms with E-state index in [0.717, 1.165) is 6.54 Å². The molecule has 0 saturated heterocycles. The van der Waals surface area contributed by atoms with Gasteiger partial charge in [-0.1, -0.05) is 36.4 Å². The van der Waals surface area contributed by atoms with Gasteiger partial charge in [0.05, 0.1) is 12.6 Å². The van der Waals surface area contributed by atoms with Gasteiger partial charge >= 0.3 is 0 Å². The predicted molar refractivity (Wildman–Crippen MR) is 81.7 cm³/mol. The third-order valence-corrected chi connectivity index (χ3v) is 3.79. The fraction of sp³-hybridized carbons (Fsp3) is 0.214. The van der Waals surface area contributed by atoms with Gasteiger partial charge in [0.1, 0.15) is 0 Å². The lowest BCUT2D eigenvalue weighted by molar-refractivity contribution is 0.699. The van der Waals surface area contributed by atoms with E-state index in [4.69, 9.17) is 12.2 Å². The van der Waals surface area contributed by atoms with E-state index in [1.54, 1.807) is 11.3 Å². The highest BCUT2D eigenvalue weighted by Gasteiger charge is 2.05. The van der Waals surface area contributed by atoms with Gasteiger partial charge in [0.15, 0.2) is 5.11 Å². The number of thiocarbonyl (C=S) groups is 1. The summed E-state index contributed by atoms with van der Waals surface area (Å²) < 4.78 is 0. The van der Waals surface area contributed by atoms with Crippen molar-refractivity contribution < 1.29 is 0 Å². The molecule has 2 rings (SSSR count). The molecule has 0 spiro atoms. The molecule has 1 heterocycles. The normalized spacial score (nSPS) is 11.8. The lowest BCUT2D eigenvalue weighted by Crippen LogP contribution is -2.36. The van der Waals surface area contributed by atoms with Gasteiger partial charge < -0.3 is 10.6 Å². The molecule has 0 aliphatic carbocycles. The van der Waals surface area contributed by atoms with E-state index in [1.165, 1.54) is 10.4 Å². The minimum atomic E-state index is 0.217. The number of hydrogen-bond donors (Lipinski definition) is 2. The molecule has 0 saturated carbocycles. The van der Waals surface area contributed by atoms with Gasteiger partial charge in [-0.3, -0.25) is 0 Å². The fourth-order valence-corrected chi connectivity index (χ4v) is 2.55. The van der Waals surface area contributed by atoms with Gasteiger partial charge in [0, 0.05) is 4.88 Å². The molecule has 2 aromatic rings. The summed E-state index contributed by atoms with van der Waals surface area (Å²) in [6.45, 7) is 2.89. The summed E-state index contributed by atoms with van der Waals surface area (Å²) in [5.74, 6) is 0. The predicted octanol–water partition coefficient (Wildman–Crippen LogP) is 3.47. The molecule has 0 aliphatic rings. The molecular formula is C14H16N2S2. The smallest absolute Gasteiger partial charge is 0.167 e. The van der Waals surface area contributed by atoms with E-state index >= 15 is 0 Å². The Morgan fingerprint density at radius 3 is 2.67 bits per heavy atom. The second-order valence-corrected chi connectivity index (χ2v) is 5.48. The molecular weight excluding hydrogens is 260 g/mol. The Bertz CT molecular complexity index is 480. The first-order valence-corrected chi connectivity index (χ1v) is 7.16. The van der Waals surface area contributed by atoms with Crippen LogP contribution in [0.4, 0.5) is 0 Å². The quantitative estimate of drug-likeness (QED) is 0.836. The highest BCUT2D eigenvalue weighted by Crippen LogP contribution is 2.11. The number of benzene rings is 1. The molecule has 0 fully saturated rings. The standard InChI is InChI=1S/C14H16N2S2/c1-11(12-6-3-2-4-7-12)16-14(17)15-10-13-8-5-9-18-13/h2-9,11H,10H2,1H3,(H2,15,16,17)/t11-/m1/s1. The molecule has 0 bridgehead atoms.